The molecule has 0 bridgehead atoms. The van der Waals surface area contributed by atoms with Gasteiger partial charge in [-0.15, -0.1) is 0 Å². The molecular weight excluding hydrogens is 394 g/mol. The van der Waals surface area contributed by atoms with Crippen molar-refractivity contribution < 1.29 is 14.6 Å². The largest absolute Gasteiger partial charge is 0.497 e. The number of methoxy groups -OCH3 is 1. The third-order valence-corrected chi connectivity index (χ3v) is 5.12. The molecule has 0 amide bonds. The minimum Gasteiger partial charge on any atom is -0.497 e. The second kappa shape index (κ2) is 8.63. The number of rotatable bonds is 7. The minimum atomic E-state index is -0.808. The first kappa shape index (κ1) is 20.6. The van der Waals surface area contributed by atoms with E-state index in [-0.39, 0.29) is 0 Å². The van der Waals surface area contributed by atoms with Gasteiger partial charge in [-0.3, -0.25) is 5.32 Å². The van der Waals surface area contributed by atoms with Gasteiger partial charge in [0.05, 0.1) is 18.1 Å². The highest BCUT2D eigenvalue weighted by atomic mass is 16.5. The number of ether oxygens (including phenoxy) is 2. The van der Waals surface area contributed by atoms with Gasteiger partial charge in [0.2, 0.25) is 0 Å². The number of nitrogens with two attached hydrogens (primary N) is 1. The van der Waals surface area contributed by atoms with E-state index in [1.165, 1.54) is 0 Å². The third-order valence-electron chi connectivity index (χ3n) is 5.12. The highest BCUT2D eigenvalue weighted by Gasteiger charge is 2.18. The molecule has 2 unspecified atom stereocenters. The molecule has 8 nitrogen and oxygen atoms in total. The predicted molar refractivity (Wildman–Crippen MR) is 120 cm³/mol. The molecule has 0 spiro atoms. The summed E-state index contributed by atoms with van der Waals surface area (Å²) in [6, 6.07) is 15.1. The van der Waals surface area contributed by atoms with Crippen molar-refractivity contribution in [3.63, 3.8) is 0 Å². The number of aliphatic hydroxyl groups is 1. The first-order valence-electron chi connectivity index (χ1n) is 9.90. The summed E-state index contributed by atoms with van der Waals surface area (Å²) in [7, 11) is 3.32. The smallest absolute Gasteiger partial charge is 0.166 e. The Labute approximate surface area is 180 Å². The Hall–Kier alpha value is -3.62. The molecule has 2 aromatic carbocycles. The van der Waals surface area contributed by atoms with E-state index in [2.05, 4.69) is 20.3 Å². The van der Waals surface area contributed by atoms with Crippen molar-refractivity contribution >= 4 is 16.9 Å². The number of H-pyrrole nitrogens is 1. The summed E-state index contributed by atoms with van der Waals surface area (Å²) in [6.45, 7) is 1.88. The molecule has 8 heteroatoms. The normalized spacial score (nSPS) is 13.2. The molecule has 0 aliphatic carbocycles. The van der Waals surface area contributed by atoms with Crippen LogP contribution in [-0.4, -0.2) is 34.2 Å². The molecular formula is C23H25N5O3. The molecule has 4 rings (SSSR count). The Kier molecular flexibility index (Phi) is 5.75. The summed E-state index contributed by atoms with van der Waals surface area (Å²) in [5, 5.41) is 13.0. The zero-order valence-corrected chi connectivity index (χ0v) is 17.6. The van der Waals surface area contributed by atoms with E-state index >= 15 is 0 Å². The lowest BCUT2D eigenvalue weighted by Crippen LogP contribution is -2.15. The maximum absolute atomic E-state index is 10.2. The molecule has 0 saturated heterocycles. The number of imidazole rings is 1. The van der Waals surface area contributed by atoms with Crippen LogP contribution in [0.3, 0.4) is 0 Å². The number of fused-ring (bicyclic) bond motifs is 1. The lowest BCUT2D eigenvalue weighted by molar-refractivity contribution is 0.150. The summed E-state index contributed by atoms with van der Waals surface area (Å²) in [5.74, 6) is 2.17. The highest BCUT2D eigenvalue weighted by Crippen LogP contribution is 2.31. The van der Waals surface area contributed by atoms with Crippen molar-refractivity contribution in [1.82, 2.24) is 20.3 Å². The monoisotopic (exact) mass is 419 g/mol. The molecule has 4 aromatic rings. The number of nitrogens with zero attached hydrogens (tertiary/aromatic N) is 2. The molecule has 2 atom stereocenters. The molecule has 2 heterocycles. The fraction of sp³-hybridized carbons (Fsp3) is 0.217. The van der Waals surface area contributed by atoms with E-state index in [0.717, 1.165) is 22.4 Å². The van der Waals surface area contributed by atoms with Gasteiger partial charge in [-0.25, -0.2) is 9.97 Å². The van der Waals surface area contributed by atoms with Crippen molar-refractivity contribution in [2.45, 2.75) is 19.3 Å². The molecule has 0 aliphatic heterocycles. The lowest BCUT2D eigenvalue weighted by Gasteiger charge is -2.15. The van der Waals surface area contributed by atoms with E-state index in [1.807, 2.05) is 55.5 Å². The Balaban J connectivity index is 1.61. The van der Waals surface area contributed by atoms with Crippen molar-refractivity contribution in [2.75, 3.05) is 19.9 Å². The second-order valence-corrected chi connectivity index (χ2v) is 7.15. The molecule has 0 radical (unpaired) electrons. The quantitative estimate of drug-likeness (QED) is 0.338. The number of nitrogen functional groups attached to an aromatic ring is 1. The second-order valence-electron chi connectivity index (χ2n) is 7.15. The molecule has 0 fully saturated rings. The molecule has 5 N–H and O–H groups in total. The molecule has 160 valence electrons. The van der Waals surface area contributed by atoms with E-state index in [4.69, 9.17) is 15.2 Å². The van der Waals surface area contributed by atoms with Crippen LogP contribution in [0.25, 0.3) is 22.2 Å². The Morgan fingerprint density at radius 2 is 1.90 bits per heavy atom. The Bertz CT molecular complexity index is 1190. The molecule has 0 saturated carbocycles. The van der Waals surface area contributed by atoms with Gasteiger partial charge in [0.15, 0.2) is 17.7 Å². The van der Waals surface area contributed by atoms with Crippen LogP contribution < -0.4 is 20.5 Å². The third kappa shape index (κ3) is 4.16. The topological polar surface area (TPSA) is 118 Å². The van der Waals surface area contributed by atoms with E-state index < -0.39 is 12.3 Å². The number of anilines is 1. The van der Waals surface area contributed by atoms with Gasteiger partial charge in [-0.05, 0) is 43.8 Å². The maximum atomic E-state index is 10.2. The van der Waals surface area contributed by atoms with Crippen LogP contribution in [0.4, 0.5) is 5.82 Å². The number of para-hydroxylation sites is 1. The van der Waals surface area contributed by atoms with E-state index in [0.29, 0.717) is 28.5 Å². The van der Waals surface area contributed by atoms with Crippen LogP contribution in [0.1, 0.15) is 30.6 Å². The Morgan fingerprint density at radius 3 is 2.61 bits per heavy atom. The van der Waals surface area contributed by atoms with Gasteiger partial charge in [0.25, 0.3) is 0 Å². The van der Waals surface area contributed by atoms with Crippen molar-refractivity contribution in [2.24, 2.45) is 0 Å². The lowest BCUT2D eigenvalue weighted by atomic mass is 10.1. The average molecular weight is 419 g/mol. The summed E-state index contributed by atoms with van der Waals surface area (Å²) in [4.78, 5) is 12.2. The summed E-state index contributed by atoms with van der Waals surface area (Å²) < 4.78 is 11.3. The van der Waals surface area contributed by atoms with Crippen LogP contribution in [0.5, 0.6) is 11.5 Å². The zero-order valence-electron chi connectivity index (χ0n) is 17.6. The van der Waals surface area contributed by atoms with Gasteiger partial charge in [-0.1, -0.05) is 24.3 Å². The molecule has 31 heavy (non-hydrogen) atoms. The number of pyridine rings is 1. The van der Waals surface area contributed by atoms with E-state index in [1.54, 1.807) is 20.4 Å². The zero-order chi connectivity index (χ0) is 22.0. The number of aliphatic hydroxyl groups excluding tert-OH is 1. The van der Waals surface area contributed by atoms with Gasteiger partial charge < -0.3 is 25.3 Å². The van der Waals surface area contributed by atoms with Crippen molar-refractivity contribution in [3.05, 3.63) is 66.1 Å². The van der Waals surface area contributed by atoms with Crippen LogP contribution in [0, 0.1) is 0 Å². The number of hydrogen-bond acceptors (Lipinski definition) is 7. The number of hydrogen-bond donors (Lipinski definition) is 4. The van der Waals surface area contributed by atoms with Gasteiger partial charge in [-0.2, -0.15) is 0 Å². The van der Waals surface area contributed by atoms with Gasteiger partial charge in [0.1, 0.15) is 17.8 Å². The van der Waals surface area contributed by atoms with Crippen LogP contribution in [-0.2, 0) is 0 Å². The van der Waals surface area contributed by atoms with Gasteiger partial charge >= 0.3 is 0 Å². The number of nitrogens with one attached hydrogen (secondary N) is 2. The first-order chi connectivity index (χ1) is 15.0. The fourth-order valence-corrected chi connectivity index (χ4v) is 3.38. The standard InChI is InChI=1S/C23H25N5O3/c1-13(22-27-18-6-4-5-17(20(18)28-22)23(29)25-2)31-19-11-15(12-26-21(19)24)14-7-9-16(30-3)10-8-14/h4-13,23,25,29H,1-3H3,(H2,24,26)(H,27,28). The predicted octanol–water partition coefficient (Wildman–Crippen LogP) is 3.57. The van der Waals surface area contributed by atoms with Crippen LogP contribution in [0.15, 0.2) is 54.7 Å². The summed E-state index contributed by atoms with van der Waals surface area (Å²) >= 11 is 0. The minimum absolute atomic E-state index is 0.298. The first-order valence-corrected chi connectivity index (χ1v) is 9.90. The van der Waals surface area contributed by atoms with E-state index in [9.17, 15) is 5.11 Å². The van der Waals surface area contributed by atoms with Gasteiger partial charge in [0, 0.05) is 17.3 Å². The summed E-state index contributed by atoms with van der Waals surface area (Å²) in [5.41, 5.74) is 10.1. The average Bonchev–Trinajstić information content (AvgIpc) is 3.25. The van der Waals surface area contributed by atoms with Crippen LogP contribution >= 0.6 is 0 Å². The number of aromatic nitrogens is 3. The number of benzene rings is 2. The Morgan fingerprint density at radius 1 is 1.13 bits per heavy atom. The summed E-state index contributed by atoms with van der Waals surface area (Å²) in [6.07, 6.45) is 0.487. The number of aromatic amines is 1. The van der Waals surface area contributed by atoms with Crippen molar-refractivity contribution in [1.29, 1.82) is 0 Å². The highest BCUT2D eigenvalue weighted by molar-refractivity contribution is 5.79. The molecule has 0 aliphatic rings. The van der Waals surface area contributed by atoms with Crippen LogP contribution in [0.2, 0.25) is 0 Å². The fourth-order valence-electron chi connectivity index (χ4n) is 3.38. The SMILES string of the molecule is CNC(O)c1cccc2[nH]c(C(C)Oc3cc(-c4ccc(OC)cc4)cnc3N)nc12. The maximum Gasteiger partial charge on any atom is 0.166 e. The molecule has 2 aromatic heterocycles. The van der Waals surface area contributed by atoms with Crippen molar-refractivity contribution in [3.8, 4) is 22.6 Å².